The average Bonchev–Trinajstić information content (AvgIpc) is 2.73. The van der Waals surface area contributed by atoms with Gasteiger partial charge < -0.3 is 10.0 Å². The van der Waals surface area contributed by atoms with Gasteiger partial charge in [0.2, 0.25) is 0 Å². The summed E-state index contributed by atoms with van der Waals surface area (Å²) < 4.78 is 0. The molecule has 0 spiro atoms. The molecule has 1 aliphatic carbocycles. The van der Waals surface area contributed by atoms with Gasteiger partial charge in [-0.1, -0.05) is 0 Å². The topological polar surface area (TPSA) is 39.6 Å². The molecular weight excluding hydrogens is 258 g/mol. The minimum atomic E-state index is -0.331. The summed E-state index contributed by atoms with van der Waals surface area (Å²) in [4.78, 5) is 10.9. The summed E-state index contributed by atoms with van der Waals surface area (Å²) >= 11 is 1.82. The van der Waals surface area contributed by atoms with E-state index in [1.807, 2.05) is 11.3 Å². The zero-order valence-electron chi connectivity index (χ0n) is 11.8. The highest BCUT2D eigenvalue weighted by Crippen LogP contribution is 2.36. The molecule has 2 unspecified atom stereocenters. The van der Waals surface area contributed by atoms with E-state index in [-0.39, 0.29) is 6.10 Å². The van der Waals surface area contributed by atoms with Crippen molar-refractivity contribution in [2.75, 3.05) is 33.7 Å². The second kappa shape index (κ2) is 5.48. The van der Waals surface area contributed by atoms with Crippen LogP contribution in [0.2, 0.25) is 0 Å². The third kappa shape index (κ3) is 2.70. The van der Waals surface area contributed by atoms with Gasteiger partial charge in [-0.25, -0.2) is 4.98 Å². The number of aliphatic hydroxyl groups is 1. The van der Waals surface area contributed by atoms with E-state index in [1.165, 1.54) is 16.3 Å². The van der Waals surface area contributed by atoms with Gasteiger partial charge in [0.05, 0.1) is 17.8 Å². The van der Waals surface area contributed by atoms with Crippen LogP contribution in [0.4, 0.5) is 0 Å². The first-order chi connectivity index (χ1) is 9.15. The molecule has 3 rings (SSSR count). The number of rotatable bonds is 1. The summed E-state index contributed by atoms with van der Waals surface area (Å²) in [6.07, 6.45) is 3.95. The maximum Gasteiger partial charge on any atom is 0.112 e. The molecule has 2 atom stereocenters. The molecule has 0 aromatic carbocycles. The van der Waals surface area contributed by atoms with Crippen LogP contribution in [0, 0.1) is 0 Å². The second-order valence-electron chi connectivity index (χ2n) is 5.88. The van der Waals surface area contributed by atoms with Gasteiger partial charge in [-0.3, -0.25) is 4.90 Å². The summed E-state index contributed by atoms with van der Waals surface area (Å²) in [5.74, 6) is 0. The van der Waals surface area contributed by atoms with Crippen molar-refractivity contribution in [1.82, 2.24) is 14.8 Å². The Morgan fingerprint density at radius 1 is 1.26 bits per heavy atom. The van der Waals surface area contributed by atoms with Gasteiger partial charge in [0.15, 0.2) is 0 Å². The Hall–Kier alpha value is -0.490. The van der Waals surface area contributed by atoms with E-state index in [4.69, 9.17) is 4.98 Å². The fourth-order valence-electron chi connectivity index (χ4n) is 3.10. The molecule has 1 N–H and O–H groups in total. The molecule has 2 heterocycles. The minimum absolute atomic E-state index is 0.331. The predicted octanol–water partition coefficient (Wildman–Crippen LogP) is 1.82. The van der Waals surface area contributed by atoms with Crippen LogP contribution < -0.4 is 0 Å². The van der Waals surface area contributed by atoms with Gasteiger partial charge in [0.1, 0.15) is 5.01 Å². The molecule has 1 aromatic heterocycles. The largest absolute Gasteiger partial charge is 0.387 e. The fraction of sp³-hybridized carbons (Fsp3) is 0.786. The molecule has 0 bridgehead atoms. The number of aryl methyl sites for hydroxylation is 1. The van der Waals surface area contributed by atoms with Crippen LogP contribution in [0.15, 0.2) is 0 Å². The van der Waals surface area contributed by atoms with E-state index in [2.05, 4.69) is 23.9 Å². The van der Waals surface area contributed by atoms with Crippen LogP contribution in [0.25, 0.3) is 0 Å². The van der Waals surface area contributed by atoms with Crippen LogP contribution >= 0.6 is 11.3 Å². The average molecular weight is 281 g/mol. The van der Waals surface area contributed by atoms with Crippen molar-refractivity contribution in [3.63, 3.8) is 0 Å². The van der Waals surface area contributed by atoms with E-state index in [9.17, 15) is 5.11 Å². The molecule has 1 aromatic rings. The van der Waals surface area contributed by atoms with E-state index in [1.54, 1.807) is 0 Å². The first-order valence-electron chi connectivity index (χ1n) is 7.21. The summed E-state index contributed by atoms with van der Waals surface area (Å²) in [7, 11) is 4.38. The first kappa shape index (κ1) is 13.5. The van der Waals surface area contributed by atoms with Crippen molar-refractivity contribution in [3.8, 4) is 0 Å². The fourth-order valence-corrected chi connectivity index (χ4v) is 4.42. The third-order valence-corrected chi connectivity index (χ3v) is 5.53. The number of hydrogen-bond donors (Lipinski definition) is 1. The van der Waals surface area contributed by atoms with Crippen molar-refractivity contribution in [1.29, 1.82) is 0 Å². The molecule has 1 saturated heterocycles. The molecular formula is C14H23N3OS. The Morgan fingerprint density at radius 2 is 2.11 bits per heavy atom. The van der Waals surface area contributed by atoms with Crippen molar-refractivity contribution >= 4 is 11.3 Å². The normalized spacial score (nSPS) is 30.1. The standard InChI is InChI=1S/C14H23N3OS/c1-16-7-4-8-17(2)10(9-16)14-15-13-11(18)5-3-6-12(13)19-14/h10-11,18H,3-9H2,1-2H3. The van der Waals surface area contributed by atoms with Crippen LogP contribution in [0.1, 0.15) is 47.0 Å². The predicted molar refractivity (Wildman–Crippen MR) is 77.5 cm³/mol. The highest BCUT2D eigenvalue weighted by molar-refractivity contribution is 7.11. The first-order valence-corrected chi connectivity index (χ1v) is 8.03. The van der Waals surface area contributed by atoms with Gasteiger partial charge in [0, 0.05) is 11.4 Å². The number of aliphatic hydroxyl groups excluding tert-OH is 1. The Kier molecular flexibility index (Phi) is 3.89. The lowest BCUT2D eigenvalue weighted by Crippen LogP contribution is -2.30. The number of likely N-dealkylation sites (N-methyl/N-ethyl adjacent to an activating group) is 2. The van der Waals surface area contributed by atoms with Gasteiger partial charge in [0.25, 0.3) is 0 Å². The summed E-state index contributed by atoms with van der Waals surface area (Å²) in [6.45, 7) is 3.33. The lowest BCUT2D eigenvalue weighted by molar-refractivity contribution is 0.152. The quantitative estimate of drug-likeness (QED) is 0.852. The van der Waals surface area contributed by atoms with Crippen LogP contribution in [0.3, 0.4) is 0 Å². The van der Waals surface area contributed by atoms with E-state index in [0.717, 1.165) is 44.6 Å². The Balaban J connectivity index is 1.88. The lowest BCUT2D eigenvalue weighted by atomic mass is 10.0. The van der Waals surface area contributed by atoms with E-state index in [0.29, 0.717) is 6.04 Å². The van der Waals surface area contributed by atoms with Crippen molar-refractivity contribution in [2.24, 2.45) is 0 Å². The zero-order valence-corrected chi connectivity index (χ0v) is 12.6. The summed E-state index contributed by atoms with van der Waals surface area (Å²) in [6, 6.07) is 0.385. The highest BCUT2D eigenvalue weighted by Gasteiger charge is 2.29. The van der Waals surface area contributed by atoms with Crippen molar-refractivity contribution < 1.29 is 5.11 Å². The number of nitrogens with zero attached hydrogens (tertiary/aromatic N) is 3. The Morgan fingerprint density at radius 3 is 2.89 bits per heavy atom. The number of hydrogen-bond acceptors (Lipinski definition) is 5. The molecule has 5 heteroatoms. The molecule has 106 valence electrons. The van der Waals surface area contributed by atoms with Crippen molar-refractivity contribution in [2.45, 2.75) is 37.8 Å². The maximum absolute atomic E-state index is 10.1. The molecule has 19 heavy (non-hydrogen) atoms. The monoisotopic (exact) mass is 281 g/mol. The summed E-state index contributed by atoms with van der Waals surface area (Å²) in [5.41, 5.74) is 0.964. The SMILES string of the molecule is CN1CCCN(C)C(c2nc3c(s2)CCCC3O)C1. The van der Waals surface area contributed by atoms with Crippen LogP contribution in [-0.2, 0) is 6.42 Å². The van der Waals surface area contributed by atoms with Gasteiger partial charge >= 0.3 is 0 Å². The van der Waals surface area contributed by atoms with Crippen molar-refractivity contribution in [3.05, 3.63) is 15.6 Å². The molecule has 4 nitrogen and oxygen atoms in total. The molecule has 0 amide bonds. The molecule has 0 saturated carbocycles. The number of aromatic nitrogens is 1. The zero-order chi connectivity index (χ0) is 13.4. The second-order valence-corrected chi connectivity index (χ2v) is 7.00. The lowest BCUT2D eigenvalue weighted by Gasteiger charge is -2.25. The molecule has 2 aliphatic rings. The number of thiazole rings is 1. The third-order valence-electron chi connectivity index (χ3n) is 4.29. The smallest absolute Gasteiger partial charge is 0.112 e. The van der Waals surface area contributed by atoms with Gasteiger partial charge in [-0.2, -0.15) is 0 Å². The summed E-state index contributed by atoms with van der Waals surface area (Å²) in [5, 5.41) is 11.3. The maximum atomic E-state index is 10.1. The molecule has 0 radical (unpaired) electrons. The van der Waals surface area contributed by atoms with E-state index >= 15 is 0 Å². The van der Waals surface area contributed by atoms with Gasteiger partial charge in [-0.05, 0) is 52.9 Å². The van der Waals surface area contributed by atoms with Crippen LogP contribution in [0.5, 0.6) is 0 Å². The number of fused-ring (bicyclic) bond motifs is 1. The van der Waals surface area contributed by atoms with E-state index < -0.39 is 0 Å². The minimum Gasteiger partial charge on any atom is -0.387 e. The highest BCUT2D eigenvalue weighted by atomic mass is 32.1. The Bertz CT molecular complexity index is 448. The Labute approximate surface area is 119 Å². The molecule has 1 aliphatic heterocycles. The van der Waals surface area contributed by atoms with Crippen LogP contribution in [-0.4, -0.2) is 53.6 Å². The molecule has 1 fully saturated rings. The van der Waals surface area contributed by atoms with Gasteiger partial charge in [-0.15, -0.1) is 11.3 Å².